The molecule has 2 heterocycles. The van der Waals surface area contributed by atoms with Crippen molar-refractivity contribution in [3.63, 3.8) is 0 Å². The van der Waals surface area contributed by atoms with Crippen LogP contribution in [0.15, 0.2) is 24.4 Å². The highest BCUT2D eigenvalue weighted by Crippen LogP contribution is 2.11. The SMILES string of the molecule is CCn1nc(C)cc1Cn1cccc1CNC(C)(C)C. The number of aryl methyl sites for hydroxylation is 2. The summed E-state index contributed by atoms with van der Waals surface area (Å²) in [5, 5.41) is 8.05. The molecule has 2 aromatic rings. The Morgan fingerprint density at radius 2 is 2.00 bits per heavy atom. The molecule has 0 spiro atoms. The van der Waals surface area contributed by atoms with E-state index in [9.17, 15) is 0 Å². The third-order valence-corrected chi connectivity index (χ3v) is 3.34. The monoisotopic (exact) mass is 274 g/mol. The molecule has 0 aliphatic rings. The smallest absolute Gasteiger partial charge is 0.0642 e. The Hall–Kier alpha value is -1.55. The van der Waals surface area contributed by atoms with Gasteiger partial charge in [-0.2, -0.15) is 5.10 Å². The molecule has 20 heavy (non-hydrogen) atoms. The van der Waals surface area contributed by atoms with E-state index in [1.807, 2.05) is 6.92 Å². The van der Waals surface area contributed by atoms with Gasteiger partial charge in [0.05, 0.1) is 17.9 Å². The van der Waals surface area contributed by atoms with E-state index in [0.717, 1.165) is 25.3 Å². The first-order valence-electron chi connectivity index (χ1n) is 7.31. The van der Waals surface area contributed by atoms with Crippen molar-refractivity contribution in [1.82, 2.24) is 19.7 Å². The summed E-state index contributed by atoms with van der Waals surface area (Å²) in [6, 6.07) is 6.46. The molecular formula is C16H26N4. The predicted octanol–water partition coefficient (Wildman–Crippen LogP) is 2.95. The lowest BCUT2D eigenvalue weighted by Gasteiger charge is -2.21. The molecule has 2 rings (SSSR count). The molecular weight excluding hydrogens is 248 g/mol. The quantitative estimate of drug-likeness (QED) is 0.909. The minimum atomic E-state index is 0.136. The zero-order valence-electron chi connectivity index (χ0n) is 13.3. The second-order valence-electron chi connectivity index (χ2n) is 6.32. The molecule has 1 N–H and O–H groups in total. The molecule has 0 saturated carbocycles. The van der Waals surface area contributed by atoms with Crippen LogP contribution in [0, 0.1) is 6.92 Å². The number of hydrogen-bond acceptors (Lipinski definition) is 2. The fraction of sp³-hybridized carbons (Fsp3) is 0.562. The zero-order valence-corrected chi connectivity index (χ0v) is 13.3. The fourth-order valence-electron chi connectivity index (χ4n) is 2.29. The summed E-state index contributed by atoms with van der Waals surface area (Å²) in [5.74, 6) is 0. The lowest BCUT2D eigenvalue weighted by atomic mass is 10.1. The van der Waals surface area contributed by atoms with E-state index in [0.29, 0.717) is 0 Å². The third kappa shape index (κ3) is 3.73. The Balaban J connectivity index is 2.12. The van der Waals surface area contributed by atoms with Crippen LogP contribution in [0.25, 0.3) is 0 Å². The van der Waals surface area contributed by atoms with Gasteiger partial charge in [0, 0.05) is 30.5 Å². The summed E-state index contributed by atoms with van der Waals surface area (Å²) in [4.78, 5) is 0. The minimum absolute atomic E-state index is 0.136. The molecule has 0 saturated heterocycles. The molecule has 4 nitrogen and oxygen atoms in total. The van der Waals surface area contributed by atoms with Gasteiger partial charge in [0.1, 0.15) is 0 Å². The van der Waals surface area contributed by atoms with Crippen molar-refractivity contribution in [2.75, 3.05) is 0 Å². The highest BCUT2D eigenvalue weighted by atomic mass is 15.3. The van der Waals surface area contributed by atoms with Gasteiger partial charge >= 0.3 is 0 Å². The van der Waals surface area contributed by atoms with E-state index >= 15 is 0 Å². The van der Waals surface area contributed by atoms with Crippen molar-refractivity contribution >= 4 is 0 Å². The van der Waals surface area contributed by atoms with E-state index in [2.05, 4.69) is 71.8 Å². The standard InChI is InChI=1S/C16H26N4/c1-6-20-15(10-13(2)18-20)12-19-9-7-8-14(19)11-17-16(3,4)5/h7-10,17H,6,11-12H2,1-5H3. The van der Waals surface area contributed by atoms with Crippen LogP contribution in [0.4, 0.5) is 0 Å². The predicted molar refractivity (Wildman–Crippen MR) is 82.8 cm³/mol. The van der Waals surface area contributed by atoms with Crippen LogP contribution < -0.4 is 5.32 Å². The van der Waals surface area contributed by atoms with Crippen LogP contribution in [-0.4, -0.2) is 19.9 Å². The van der Waals surface area contributed by atoms with Crippen molar-refractivity contribution in [2.24, 2.45) is 0 Å². The minimum Gasteiger partial charge on any atom is -0.344 e. The second-order valence-corrected chi connectivity index (χ2v) is 6.32. The van der Waals surface area contributed by atoms with Gasteiger partial charge in [0.2, 0.25) is 0 Å². The molecule has 0 aromatic carbocycles. The van der Waals surface area contributed by atoms with Crippen LogP contribution in [0.1, 0.15) is 44.8 Å². The molecule has 2 aromatic heterocycles. The van der Waals surface area contributed by atoms with Crippen molar-refractivity contribution in [1.29, 1.82) is 0 Å². The van der Waals surface area contributed by atoms with Gasteiger partial charge < -0.3 is 9.88 Å². The summed E-state index contributed by atoms with van der Waals surface area (Å²) >= 11 is 0. The number of rotatable bonds is 5. The highest BCUT2D eigenvalue weighted by Gasteiger charge is 2.11. The average Bonchev–Trinajstić information content (AvgIpc) is 2.93. The van der Waals surface area contributed by atoms with Gasteiger partial charge in [-0.05, 0) is 52.8 Å². The fourth-order valence-corrected chi connectivity index (χ4v) is 2.29. The molecule has 0 unspecified atom stereocenters. The van der Waals surface area contributed by atoms with Crippen molar-refractivity contribution in [3.8, 4) is 0 Å². The maximum absolute atomic E-state index is 4.51. The van der Waals surface area contributed by atoms with E-state index in [-0.39, 0.29) is 5.54 Å². The van der Waals surface area contributed by atoms with Crippen LogP contribution in [-0.2, 0) is 19.6 Å². The zero-order chi connectivity index (χ0) is 14.8. The Morgan fingerprint density at radius 1 is 1.25 bits per heavy atom. The van der Waals surface area contributed by atoms with Crippen LogP contribution in [0.5, 0.6) is 0 Å². The third-order valence-electron chi connectivity index (χ3n) is 3.34. The molecule has 0 fully saturated rings. The van der Waals surface area contributed by atoms with Gasteiger partial charge in [0.15, 0.2) is 0 Å². The van der Waals surface area contributed by atoms with E-state index < -0.39 is 0 Å². The van der Waals surface area contributed by atoms with Gasteiger partial charge in [-0.25, -0.2) is 0 Å². The lowest BCUT2D eigenvalue weighted by molar-refractivity contribution is 0.416. The average molecular weight is 274 g/mol. The lowest BCUT2D eigenvalue weighted by Crippen LogP contribution is -2.35. The summed E-state index contributed by atoms with van der Waals surface area (Å²) in [5.41, 5.74) is 3.79. The Bertz CT molecular complexity index is 557. The van der Waals surface area contributed by atoms with Gasteiger partial charge in [-0.15, -0.1) is 0 Å². The topological polar surface area (TPSA) is 34.8 Å². The maximum atomic E-state index is 4.51. The van der Waals surface area contributed by atoms with Crippen LogP contribution in [0.2, 0.25) is 0 Å². The summed E-state index contributed by atoms with van der Waals surface area (Å²) in [6.07, 6.45) is 2.14. The summed E-state index contributed by atoms with van der Waals surface area (Å²) in [7, 11) is 0. The van der Waals surface area contributed by atoms with Crippen LogP contribution in [0.3, 0.4) is 0 Å². The largest absolute Gasteiger partial charge is 0.344 e. The molecule has 110 valence electrons. The van der Waals surface area contributed by atoms with Crippen LogP contribution >= 0.6 is 0 Å². The highest BCUT2D eigenvalue weighted by molar-refractivity contribution is 5.14. The Morgan fingerprint density at radius 3 is 2.65 bits per heavy atom. The second kappa shape index (κ2) is 5.83. The molecule has 0 atom stereocenters. The number of nitrogens with zero attached hydrogens (tertiary/aromatic N) is 3. The van der Waals surface area contributed by atoms with Crippen molar-refractivity contribution in [2.45, 2.75) is 59.8 Å². The first-order chi connectivity index (χ1) is 9.39. The summed E-state index contributed by atoms with van der Waals surface area (Å²) < 4.78 is 4.37. The number of hydrogen-bond donors (Lipinski definition) is 1. The van der Waals surface area contributed by atoms with Gasteiger partial charge in [0.25, 0.3) is 0 Å². The van der Waals surface area contributed by atoms with Crippen molar-refractivity contribution < 1.29 is 0 Å². The Kier molecular flexibility index (Phi) is 4.33. The number of aromatic nitrogens is 3. The molecule has 0 aliphatic heterocycles. The van der Waals surface area contributed by atoms with Gasteiger partial charge in [-0.1, -0.05) is 0 Å². The first-order valence-corrected chi connectivity index (χ1v) is 7.31. The van der Waals surface area contributed by atoms with Crippen molar-refractivity contribution in [3.05, 3.63) is 41.5 Å². The van der Waals surface area contributed by atoms with E-state index in [1.165, 1.54) is 11.4 Å². The molecule has 0 aliphatic carbocycles. The maximum Gasteiger partial charge on any atom is 0.0642 e. The van der Waals surface area contributed by atoms with E-state index in [4.69, 9.17) is 0 Å². The molecule has 4 heteroatoms. The molecule has 0 amide bonds. The summed E-state index contributed by atoms with van der Waals surface area (Å²) in [6.45, 7) is 13.4. The first kappa shape index (κ1) is 14.9. The molecule has 0 bridgehead atoms. The number of nitrogens with one attached hydrogen (secondary N) is 1. The van der Waals surface area contributed by atoms with E-state index in [1.54, 1.807) is 0 Å². The molecule has 0 radical (unpaired) electrons. The normalized spacial score (nSPS) is 12.1. The van der Waals surface area contributed by atoms with Gasteiger partial charge in [-0.3, -0.25) is 4.68 Å². The Labute approximate surface area is 121 Å².